The van der Waals surface area contributed by atoms with Gasteiger partial charge < -0.3 is 16.4 Å². The molecule has 0 spiro atoms. The lowest BCUT2D eigenvalue weighted by Gasteiger charge is -2.33. The Labute approximate surface area is 177 Å². The first-order valence-corrected chi connectivity index (χ1v) is 10.6. The Kier molecular flexibility index (Phi) is 5.28. The SMILES string of the molecule is Cc1csc2c(=O)n(Cc3cccc(C(N)=O)c3C#N)c(N3CCC[C@@H](N)C3)nc12. The predicted octanol–water partition coefficient (Wildman–Crippen LogP) is 1.71. The van der Waals surface area contributed by atoms with E-state index in [1.165, 1.54) is 17.4 Å². The van der Waals surface area contributed by atoms with Crippen molar-refractivity contribution in [3.05, 3.63) is 56.2 Å². The molecule has 1 aliphatic heterocycles. The van der Waals surface area contributed by atoms with Crippen molar-refractivity contribution in [2.75, 3.05) is 18.0 Å². The maximum atomic E-state index is 13.4. The lowest BCUT2D eigenvalue weighted by atomic mass is 10.0. The third kappa shape index (κ3) is 3.44. The zero-order valence-electron chi connectivity index (χ0n) is 16.6. The number of nitrogens with two attached hydrogens (primary N) is 2. The molecule has 1 fully saturated rings. The first-order valence-electron chi connectivity index (χ1n) is 9.71. The van der Waals surface area contributed by atoms with E-state index in [0.717, 1.165) is 24.9 Å². The second kappa shape index (κ2) is 7.89. The molecular weight excluding hydrogens is 400 g/mol. The van der Waals surface area contributed by atoms with Gasteiger partial charge in [-0.3, -0.25) is 14.2 Å². The molecule has 4 rings (SSSR count). The van der Waals surface area contributed by atoms with Crippen LogP contribution in [0.3, 0.4) is 0 Å². The molecule has 3 aromatic rings. The molecule has 0 aliphatic carbocycles. The fraction of sp³-hybridized carbons (Fsp3) is 0.333. The van der Waals surface area contributed by atoms with Gasteiger partial charge in [0.2, 0.25) is 11.9 Å². The number of nitriles is 1. The summed E-state index contributed by atoms with van der Waals surface area (Å²) in [5.74, 6) is -0.136. The zero-order chi connectivity index (χ0) is 21.4. The van der Waals surface area contributed by atoms with Gasteiger partial charge in [0.1, 0.15) is 10.8 Å². The molecule has 1 aromatic carbocycles. The Morgan fingerprint density at radius 3 is 2.93 bits per heavy atom. The molecule has 9 heteroatoms. The quantitative estimate of drug-likeness (QED) is 0.658. The van der Waals surface area contributed by atoms with Crippen LogP contribution in [0.15, 0.2) is 28.4 Å². The number of aromatic nitrogens is 2. The van der Waals surface area contributed by atoms with Gasteiger partial charge in [0.25, 0.3) is 5.56 Å². The van der Waals surface area contributed by atoms with Crippen LogP contribution in [0, 0.1) is 18.3 Å². The van der Waals surface area contributed by atoms with Crippen LogP contribution in [-0.2, 0) is 6.54 Å². The van der Waals surface area contributed by atoms with E-state index in [1.807, 2.05) is 17.2 Å². The fourth-order valence-corrected chi connectivity index (χ4v) is 4.85. The second-order valence-electron chi connectivity index (χ2n) is 7.56. The number of aryl methyl sites for hydroxylation is 1. The van der Waals surface area contributed by atoms with Crippen LogP contribution in [0.4, 0.5) is 5.95 Å². The maximum Gasteiger partial charge on any atom is 0.273 e. The Morgan fingerprint density at radius 1 is 1.43 bits per heavy atom. The van der Waals surface area contributed by atoms with Gasteiger partial charge in [-0.25, -0.2) is 4.98 Å². The summed E-state index contributed by atoms with van der Waals surface area (Å²) in [6, 6.07) is 6.99. The molecule has 0 radical (unpaired) electrons. The van der Waals surface area contributed by atoms with E-state index in [4.69, 9.17) is 16.5 Å². The molecule has 0 saturated carbocycles. The number of anilines is 1. The summed E-state index contributed by atoms with van der Waals surface area (Å²) in [6.07, 6.45) is 1.85. The summed E-state index contributed by atoms with van der Waals surface area (Å²) in [4.78, 5) is 32.0. The molecule has 8 nitrogen and oxygen atoms in total. The van der Waals surface area contributed by atoms with E-state index in [2.05, 4.69) is 6.07 Å². The van der Waals surface area contributed by atoms with Gasteiger partial charge in [-0.1, -0.05) is 12.1 Å². The van der Waals surface area contributed by atoms with Crippen molar-refractivity contribution in [3.8, 4) is 6.07 Å². The smallest absolute Gasteiger partial charge is 0.273 e. The van der Waals surface area contributed by atoms with E-state index in [9.17, 15) is 14.9 Å². The number of piperidine rings is 1. The minimum atomic E-state index is -0.676. The molecule has 3 heterocycles. The Balaban J connectivity index is 1.90. The molecule has 0 bridgehead atoms. The van der Waals surface area contributed by atoms with Gasteiger partial charge in [0.05, 0.1) is 23.2 Å². The lowest BCUT2D eigenvalue weighted by Crippen LogP contribution is -2.45. The van der Waals surface area contributed by atoms with Crippen molar-refractivity contribution in [2.24, 2.45) is 11.5 Å². The van der Waals surface area contributed by atoms with Crippen molar-refractivity contribution >= 4 is 33.4 Å². The topological polar surface area (TPSA) is 131 Å². The largest absolute Gasteiger partial charge is 0.366 e. The van der Waals surface area contributed by atoms with Crippen molar-refractivity contribution in [3.63, 3.8) is 0 Å². The number of thiophene rings is 1. The third-order valence-corrected chi connectivity index (χ3v) is 6.51. The first-order chi connectivity index (χ1) is 14.4. The van der Waals surface area contributed by atoms with Crippen LogP contribution < -0.4 is 21.9 Å². The summed E-state index contributed by atoms with van der Waals surface area (Å²) in [5, 5.41) is 11.6. The van der Waals surface area contributed by atoms with Gasteiger partial charge in [0.15, 0.2) is 0 Å². The molecular formula is C21H22N6O2S. The molecule has 0 unspecified atom stereocenters. The number of carbonyl (C=O) groups is 1. The van der Waals surface area contributed by atoms with Gasteiger partial charge in [-0.2, -0.15) is 5.26 Å². The number of hydrogen-bond acceptors (Lipinski definition) is 7. The van der Waals surface area contributed by atoms with Gasteiger partial charge >= 0.3 is 0 Å². The van der Waals surface area contributed by atoms with Crippen LogP contribution >= 0.6 is 11.3 Å². The number of carbonyl (C=O) groups excluding carboxylic acids is 1. The highest BCUT2D eigenvalue weighted by Gasteiger charge is 2.24. The van der Waals surface area contributed by atoms with Crippen LogP contribution in [0.5, 0.6) is 0 Å². The number of rotatable bonds is 4. The van der Waals surface area contributed by atoms with Crippen molar-refractivity contribution in [1.82, 2.24) is 9.55 Å². The van der Waals surface area contributed by atoms with Crippen molar-refractivity contribution in [1.29, 1.82) is 5.26 Å². The number of amides is 1. The molecule has 1 amide bonds. The normalized spacial score (nSPS) is 16.6. The molecule has 1 atom stereocenters. The van der Waals surface area contributed by atoms with E-state index in [-0.39, 0.29) is 29.3 Å². The maximum absolute atomic E-state index is 13.4. The van der Waals surface area contributed by atoms with Crippen LogP contribution in [0.1, 0.15) is 39.9 Å². The Morgan fingerprint density at radius 2 is 2.23 bits per heavy atom. The molecule has 4 N–H and O–H groups in total. The van der Waals surface area contributed by atoms with E-state index in [1.54, 1.807) is 16.7 Å². The average Bonchev–Trinajstić information content (AvgIpc) is 3.10. The van der Waals surface area contributed by atoms with Gasteiger partial charge in [-0.05, 0) is 42.3 Å². The number of nitrogens with zero attached hydrogens (tertiary/aromatic N) is 4. The lowest BCUT2D eigenvalue weighted by molar-refractivity contribution is 0.1000. The van der Waals surface area contributed by atoms with Crippen LogP contribution in [0.2, 0.25) is 0 Å². The monoisotopic (exact) mass is 422 g/mol. The number of fused-ring (bicyclic) bond motifs is 1. The number of primary amides is 1. The summed E-state index contributed by atoms with van der Waals surface area (Å²) < 4.78 is 2.15. The fourth-order valence-electron chi connectivity index (χ4n) is 3.92. The minimum absolute atomic E-state index is 0.0104. The summed E-state index contributed by atoms with van der Waals surface area (Å²) in [6.45, 7) is 3.41. The standard InChI is InChI=1S/C21H22N6O2S/c1-12-11-30-18-17(12)25-21(26-7-3-5-14(23)10-26)27(20(18)29)9-13-4-2-6-15(19(24)28)16(13)8-22/h2,4,6,11,14H,3,5,7,9-10,23H2,1H3,(H2,24,28)/t14-/m1/s1. The number of hydrogen-bond donors (Lipinski definition) is 2. The minimum Gasteiger partial charge on any atom is -0.366 e. The predicted molar refractivity (Wildman–Crippen MR) is 117 cm³/mol. The van der Waals surface area contributed by atoms with Gasteiger partial charge in [-0.15, -0.1) is 11.3 Å². The number of benzene rings is 1. The molecule has 154 valence electrons. The zero-order valence-corrected chi connectivity index (χ0v) is 17.4. The second-order valence-corrected chi connectivity index (χ2v) is 8.44. The highest BCUT2D eigenvalue weighted by Crippen LogP contribution is 2.26. The summed E-state index contributed by atoms with van der Waals surface area (Å²) in [5.41, 5.74) is 14.0. The molecule has 1 aliphatic rings. The van der Waals surface area contributed by atoms with E-state index >= 15 is 0 Å². The molecule has 2 aromatic heterocycles. The highest BCUT2D eigenvalue weighted by molar-refractivity contribution is 7.17. The average molecular weight is 423 g/mol. The van der Waals surface area contributed by atoms with E-state index < -0.39 is 5.91 Å². The Bertz CT molecular complexity index is 1240. The Hall–Kier alpha value is -3.22. The van der Waals surface area contributed by atoms with E-state index in [0.29, 0.717) is 28.3 Å². The highest BCUT2D eigenvalue weighted by atomic mass is 32.1. The molecule has 30 heavy (non-hydrogen) atoms. The molecule has 1 saturated heterocycles. The van der Waals surface area contributed by atoms with Gasteiger partial charge in [0, 0.05) is 19.1 Å². The third-order valence-electron chi connectivity index (χ3n) is 5.43. The van der Waals surface area contributed by atoms with Crippen molar-refractivity contribution in [2.45, 2.75) is 32.4 Å². The first kappa shape index (κ1) is 20.1. The van der Waals surface area contributed by atoms with Crippen LogP contribution in [0.25, 0.3) is 10.2 Å². The summed E-state index contributed by atoms with van der Waals surface area (Å²) >= 11 is 1.36. The van der Waals surface area contributed by atoms with Crippen LogP contribution in [-0.4, -0.2) is 34.6 Å². The summed E-state index contributed by atoms with van der Waals surface area (Å²) in [7, 11) is 0. The van der Waals surface area contributed by atoms with Crippen molar-refractivity contribution < 1.29 is 4.79 Å².